The highest BCUT2D eigenvalue weighted by atomic mass is 35.5. The van der Waals surface area contributed by atoms with Crippen LogP contribution in [0.3, 0.4) is 0 Å². The van der Waals surface area contributed by atoms with Gasteiger partial charge in [-0.3, -0.25) is 14.7 Å². The Morgan fingerprint density at radius 1 is 1.26 bits per heavy atom. The summed E-state index contributed by atoms with van der Waals surface area (Å²) in [4.78, 5) is 22.8. The Hall–Kier alpha value is -1.86. The summed E-state index contributed by atoms with van der Waals surface area (Å²) in [5.41, 5.74) is -0.587. The number of carbonyl (C=O) groups excluding carboxylic acids is 1. The Bertz CT molecular complexity index is 1090. The van der Waals surface area contributed by atoms with E-state index in [1.54, 1.807) is 13.0 Å². The van der Waals surface area contributed by atoms with Crippen LogP contribution >= 0.6 is 11.6 Å². The normalized spacial score (nSPS) is 41.2. The molecule has 34 heavy (non-hydrogen) atoms. The molecular weight excluding hydrogens is 455 g/mol. The molecule has 0 unspecified atom stereocenters. The van der Waals surface area contributed by atoms with Crippen LogP contribution in [0.1, 0.15) is 64.9 Å². The second-order valence-electron chi connectivity index (χ2n) is 12.6. The Kier molecular flexibility index (Phi) is 4.43. The fraction of sp³-hybridized carbons (Fsp3) is 0.692. The summed E-state index contributed by atoms with van der Waals surface area (Å²) in [6.07, 6.45) is 4.89. The first-order valence-corrected chi connectivity index (χ1v) is 12.7. The molecule has 7 rings (SSSR count). The van der Waals surface area contributed by atoms with Crippen molar-refractivity contribution in [1.82, 2.24) is 15.1 Å². The number of hydrogen-bond donors (Lipinski definition) is 2. The zero-order valence-corrected chi connectivity index (χ0v) is 21.2. The van der Waals surface area contributed by atoms with Gasteiger partial charge in [-0.2, -0.15) is 0 Å². The molecule has 6 aliphatic rings. The largest absolute Gasteiger partial charge is 0.506 e. The maximum atomic E-state index is 14.2. The van der Waals surface area contributed by atoms with E-state index in [1.807, 2.05) is 17.0 Å². The molecule has 0 aromatic heterocycles. The lowest BCUT2D eigenvalue weighted by Gasteiger charge is -2.73. The smallest absolute Gasteiger partial charge is 0.250 e. The summed E-state index contributed by atoms with van der Waals surface area (Å²) in [5.74, 6) is 1.14. The fourth-order valence-corrected chi connectivity index (χ4v) is 7.73. The van der Waals surface area contributed by atoms with Gasteiger partial charge in [-0.25, -0.2) is 4.39 Å². The van der Waals surface area contributed by atoms with Crippen molar-refractivity contribution >= 4 is 23.3 Å². The predicted octanol–water partition coefficient (Wildman–Crippen LogP) is 4.04. The number of amides is 1. The third kappa shape index (κ3) is 3.01. The topological polar surface area (TPSA) is 68.2 Å². The monoisotopic (exact) mass is 488 g/mol. The zero-order chi connectivity index (χ0) is 24.3. The number of hydrogen-bond acceptors (Lipinski definition) is 5. The van der Waals surface area contributed by atoms with Gasteiger partial charge in [-0.05, 0) is 71.2 Å². The molecule has 0 radical (unpaired) electrons. The van der Waals surface area contributed by atoms with Crippen LogP contribution in [0.15, 0.2) is 23.2 Å². The van der Waals surface area contributed by atoms with Gasteiger partial charge in [-0.1, -0.05) is 17.7 Å². The van der Waals surface area contributed by atoms with E-state index in [4.69, 9.17) is 16.6 Å². The number of alkyl halides is 1. The van der Waals surface area contributed by atoms with Gasteiger partial charge in [0.05, 0.1) is 16.1 Å². The number of likely N-dealkylation sites (tertiary alicyclic amines) is 1. The molecule has 2 bridgehead atoms. The average Bonchev–Trinajstić information content (AvgIpc) is 2.94. The van der Waals surface area contributed by atoms with Crippen LogP contribution in [0.4, 0.5) is 4.39 Å². The van der Waals surface area contributed by atoms with E-state index in [-0.39, 0.29) is 28.1 Å². The number of nitrogens with zero attached hydrogens (tertiary/aromatic N) is 3. The number of carbonyl (C=O) groups is 1. The standard InChI is InChI=1S/C26H34ClFN4O2/c1-22(2)19(20(34)32-8-7-25(32)11-23(3,28)12-25)29-21(30-22)24-13-26(14-24,15-24)31(4)10-16-5-6-18(33)17(27)9-16/h5-6,9,19,33H,7-8,10-15H2,1-4H3,(H,29,30)/t19-,23?,24?,25?,26?/m0/s1. The second kappa shape index (κ2) is 6.67. The van der Waals surface area contributed by atoms with Gasteiger partial charge in [-0.15, -0.1) is 0 Å². The number of aliphatic imine (C=N–C) groups is 1. The van der Waals surface area contributed by atoms with E-state index in [2.05, 4.69) is 31.1 Å². The number of nitrogens with one attached hydrogen (secondary N) is 1. The van der Waals surface area contributed by atoms with Crippen LogP contribution in [-0.2, 0) is 11.3 Å². The van der Waals surface area contributed by atoms with Crippen molar-refractivity contribution in [3.63, 3.8) is 0 Å². The third-order valence-electron chi connectivity index (χ3n) is 9.40. The first kappa shape index (κ1) is 22.6. The van der Waals surface area contributed by atoms with Crippen LogP contribution in [0.25, 0.3) is 0 Å². The predicted molar refractivity (Wildman–Crippen MR) is 130 cm³/mol. The van der Waals surface area contributed by atoms with Crippen LogP contribution in [0.5, 0.6) is 5.75 Å². The second-order valence-corrected chi connectivity index (χ2v) is 13.0. The molecule has 1 aromatic carbocycles. The van der Waals surface area contributed by atoms with E-state index in [0.29, 0.717) is 24.4 Å². The molecule has 2 heterocycles. The first-order valence-electron chi connectivity index (χ1n) is 12.3. The molecule has 2 N–H and O–H groups in total. The van der Waals surface area contributed by atoms with Crippen molar-refractivity contribution < 1.29 is 14.3 Å². The SMILES string of the molecule is CN(Cc1ccc(O)c(Cl)c1)C12CC(C3=N[C@@H](C(=O)N4CCC45CC(C)(F)C5)C(C)(C)N3)(C1)C2. The average molecular weight is 489 g/mol. The molecular formula is C26H34ClFN4O2. The molecule has 4 saturated carbocycles. The summed E-state index contributed by atoms with van der Waals surface area (Å²) in [7, 11) is 2.14. The highest BCUT2D eigenvalue weighted by Gasteiger charge is 2.73. The zero-order valence-electron chi connectivity index (χ0n) is 20.4. The minimum atomic E-state index is -1.14. The Balaban J connectivity index is 1.12. The molecule has 8 heteroatoms. The van der Waals surface area contributed by atoms with Gasteiger partial charge in [0, 0.05) is 36.9 Å². The van der Waals surface area contributed by atoms with Crippen molar-refractivity contribution in [3.05, 3.63) is 28.8 Å². The maximum Gasteiger partial charge on any atom is 0.250 e. The van der Waals surface area contributed by atoms with Gasteiger partial charge in [0.1, 0.15) is 17.3 Å². The molecule has 1 aromatic rings. The quantitative estimate of drug-likeness (QED) is 0.656. The van der Waals surface area contributed by atoms with Crippen LogP contribution in [-0.4, -0.2) is 68.6 Å². The van der Waals surface area contributed by atoms with Crippen molar-refractivity contribution in [2.24, 2.45) is 10.4 Å². The molecule has 184 valence electrons. The number of aromatic hydroxyl groups is 1. The van der Waals surface area contributed by atoms with Gasteiger partial charge in [0.15, 0.2) is 6.04 Å². The van der Waals surface area contributed by atoms with Crippen LogP contribution in [0.2, 0.25) is 5.02 Å². The Morgan fingerprint density at radius 3 is 2.50 bits per heavy atom. The summed E-state index contributed by atoms with van der Waals surface area (Å²) < 4.78 is 14.2. The van der Waals surface area contributed by atoms with Crippen molar-refractivity contribution in [2.45, 2.75) is 94.2 Å². The van der Waals surface area contributed by atoms with E-state index in [0.717, 1.165) is 43.6 Å². The first-order chi connectivity index (χ1) is 15.8. The van der Waals surface area contributed by atoms with E-state index in [9.17, 15) is 14.3 Å². The van der Waals surface area contributed by atoms with Crippen LogP contribution in [0, 0.1) is 5.41 Å². The number of phenols is 1. The number of phenolic OH excluding ortho intramolecular Hbond substituents is 1. The van der Waals surface area contributed by atoms with E-state index in [1.165, 1.54) is 0 Å². The molecule has 4 aliphatic carbocycles. The summed E-state index contributed by atoms with van der Waals surface area (Å²) in [5, 5.41) is 13.7. The number of halogens is 2. The van der Waals surface area contributed by atoms with Gasteiger partial charge < -0.3 is 15.3 Å². The Morgan fingerprint density at radius 2 is 1.94 bits per heavy atom. The van der Waals surface area contributed by atoms with Gasteiger partial charge >= 0.3 is 0 Å². The van der Waals surface area contributed by atoms with Gasteiger partial charge in [0.25, 0.3) is 0 Å². The van der Waals surface area contributed by atoms with Gasteiger partial charge in [0.2, 0.25) is 5.91 Å². The van der Waals surface area contributed by atoms with Crippen molar-refractivity contribution in [3.8, 4) is 5.75 Å². The highest BCUT2D eigenvalue weighted by molar-refractivity contribution is 6.32. The van der Waals surface area contributed by atoms with Crippen molar-refractivity contribution in [1.29, 1.82) is 0 Å². The summed E-state index contributed by atoms with van der Waals surface area (Å²) in [6, 6.07) is 4.93. The summed E-state index contributed by atoms with van der Waals surface area (Å²) in [6.45, 7) is 7.24. The minimum absolute atomic E-state index is 0.0355. The lowest BCUT2D eigenvalue weighted by atomic mass is 9.38. The number of amidine groups is 1. The molecule has 1 spiro atoms. The van der Waals surface area contributed by atoms with Crippen molar-refractivity contribution in [2.75, 3.05) is 13.6 Å². The van der Waals surface area contributed by atoms with E-state index >= 15 is 0 Å². The fourth-order valence-electron chi connectivity index (χ4n) is 7.53. The summed E-state index contributed by atoms with van der Waals surface area (Å²) >= 11 is 6.08. The third-order valence-corrected chi connectivity index (χ3v) is 9.70. The molecule has 5 fully saturated rings. The molecule has 1 atom stereocenters. The molecule has 2 aliphatic heterocycles. The molecule has 1 saturated heterocycles. The molecule has 6 nitrogen and oxygen atoms in total. The van der Waals surface area contributed by atoms with Crippen LogP contribution < -0.4 is 5.32 Å². The lowest BCUT2D eigenvalue weighted by Crippen LogP contribution is -2.77. The van der Waals surface area contributed by atoms with E-state index < -0.39 is 17.2 Å². The Labute approximate surface area is 205 Å². The maximum absolute atomic E-state index is 14.2. The number of rotatable bonds is 5. The lowest BCUT2D eigenvalue weighted by molar-refractivity contribution is -0.178. The number of benzene rings is 1. The minimum Gasteiger partial charge on any atom is -0.506 e. The molecule has 1 amide bonds. The highest BCUT2D eigenvalue weighted by Crippen LogP contribution is 2.70.